The highest BCUT2D eigenvalue weighted by molar-refractivity contribution is 6.19. The summed E-state index contributed by atoms with van der Waals surface area (Å²) in [4.78, 5) is 4.96. The molecule has 0 N–H and O–H groups in total. The van der Waals surface area contributed by atoms with Gasteiger partial charge in [-0.1, -0.05) is 115 Å². The van der Waals surface area contributed by atoms with E-state index in [2.05, 4.69) is 132 Å². The molecular formula is C33H22N2. The van der Waals surface area contributed by atoms with Crippen LogP contribution in [0, 0.1) is 0 Å². The Kier molecular flexibility index (Phi) is 4.49. The molecule has 0 atom stereocenters. The molecule has 2 aromatic heterocycles. The van der Waals surface area contributed by atoms with Crippen LogP contribution < -0.4 is 0 Å². The van der Waals surface area contributed by atoms with E-state index in [-0.39, 0.29) is 0 Å². The second kappa shape index (κ2) is 7.96. The Morgan fingerprint density at radius 1 is 0.486 bits per heavy atom. The highest BCUT2D eigenvalue weighted by Crippen LogP contribution is 2.42. The van der Waals surface area contributed by atoms with E-state index in [0.717, 1.165) is 22.5 Å². The van der Waals surface area contributed by atoms with Gasteiger partial charge in [0.25, 0.3) is 0 Å². The van der Waals surface area contributed by atoms with Crippen molar-refractivity contribution in [2.24, 2.45) is 0 Å². The maximum atomic E-state index is 4.96. The Morgan fingerprint density at radius 3 is 1.94 bits per heavy atom. The monoisotopic (exact) mass is 446 g/mol. The first-order valence-electron chi connectivity index (χ1n) is 11.9. The van der Waals surface area contributed by atoms with Crippen LogP contribution in [0.25, 0.3) is 60.6 Å². The van der Waals surface area contributed by atoms with Gasteiger partial charge in [0, 0.05) is 33.5 Å². The minimum atomic E-state index is 0.975. The van der Waals surface area contributed by atoms with Gasteiger partial charge in [-0.25, -0.2) is 0 Å². The third-order valence-electron chi connectivity index (χ3n) is 6.84. The smallest absolute Gasteiger partial charge is 0.0948 e. The summed E-state index contributed by atoms with van der Waals surface area (Å²) >= 11 is 0. The van der Waals surface area contributed by atoms with Gasteiger partial charge in [-0.2, -0.15) is 0 Å². The van der Waals surface area contributed by atoms with Crippen molar-refractivity contribution in [1.29, 1.82) is 0 Å². The van der Waals surface area contributed by atoms with Gasteiger partial charge in [-0.15, -0.1) is 0 Å². The summed E-state index contributed by atoms with van der Waals surface area (Å²) in [5.41, 5.74) is 7.91. The van der Waals surface area contributed by atoms with E-state index in [1.54, 1.807) is 0 Å². The largest absolute Gasteiger partial charge is 0.306 e. The molecule has 7 aromatic rings. The number of hydrogen-bond donors (Lipinski definition) is 0. The van der Waals surface area contributed by atoms with Crippen molar-refractivity contribution >= 4 is 32.6 Å². The summed E-state index contributed by atoms with van der Waals surface area (Å²) in [7, 11) is 0. The molecule has 2 nitrogen and oxygen atoms in total. The van der Waals surface area contributed by atoms with Gasteiger partial charge in [-0.3, -0.25) is 4.98 Å². The lowest BCUT2D eigenvalue weighted by Gasteiger charge is -2.18. The van der Waals surface area contributed by atoms with Gasteiger partial charge in [0.2, 0.25) is 0 Å². The Balaban J connectivity index is 1.73. The standard InChI is InChI=1S/C33H22N2/c1-3-11-23(12-4-1)27-21-22-34-31(25-14-5-2-6-15-25)33(27)35-30-18-10-9-17-28(30)29-20-19-24-13-7-8-16-26(24)32(29)35/h1-22H. The van der Waals surface area contributed by atoms with E-state index in [9.17, 15) is 0 Å². The maximum absolute atomic E-state index is 4.96. The average Bonchev–Trinajstić information content (AvgIpc) is 3.28. The topological polar surface area (TPSA) is 17.8 Å². The molecule has 0 aliphatic heterocycles. The predicted octanol–water partition coefficient (Wildman–Crippen LogP) is 8.67. The van der Waals surface area contributed by atoms with Gasteiger partial charge in [0.05, 0.1) is 22.4 Å². The molecule has 0 unspecified atom stereocenters. The van der Waals surface area contributed by atoms with Crippen LogP contribution in [-0.4, -0.2) is 9.55 Å². The summed E-state index contributed by atoms with van der Waals surface area (Å²) in [5, 5.41) is 4.97. The molecule has 164 valence electrons. The lowest BCUT2D eigenvalue weighted by molar-refractivity contribution is 1.15. The maximum Gasteiger partial charge on any atom is 0.0948 e. The van der Waals surface area contributed by atoms with Crippen molar-refractivity contribution in [1.82, 2.24) is 9.55 Å². The van der Waals surface area contributed by atoms with Crippen molar-refractivity contribution in [3.8, 4) is 28.1 Å². The Morgan fingerprint density at radius 2 is 1.14 bits per heavy atom. The second-order valence-electron chi connectivity index (χ2n) is 8.82. The number of pyridine rings is 1. The zero-order valence-corrected chi connectivity index (χ0v) is 19.1. The molecule has 0 fully saturated rings. The van der Waals surface area contributed by atoms with E-state index in [0.29, 0.717) is 0 Å². The molecule has 0 saturated carbocycles. The number of fused-ring (bicyclic) bond motifs is 5. The molecule has 0 radical (unpaired) electrons. The van der Waals surface area contributed by atoms with Crippen molar-refractivity contribution in [2.45, 2.75) is 0 Å². The zero-order valence-electron chi connectivity index (χ0n) is 19.1. The van der Waals surface area contributed by atoms with E-state index in [1.165, 1.54) is 38.1 Å². The Labute approximate surface area is 203 Å². The normalized spacial score (nSPS) is 11.4. The third-order valence-corrected chi connectivity index (χ3v) is 6.84. The minimum Gasteiger partial charge on any atom is -0.306 e. The first-order chi connectivity index (χ1) is 17.4. The van der Waals surface area contributed by atoms with Crippen LogP contribution >= 0.6 is 0 Å². The summed E-state index contributed by atoms with van der Waals surface area (Å²) < 4.78 is 2.44. The molecule has 0 saturated heterocycles. The summed E-state index contributed by atoms with van der Waals surface area (Å²) in [6.45, 7) is 0. The lowest BCUT2D eigenvalue weighted by atomic mass is 9.99. The second-order valence-corrected chi connectivity index (χ2v) is 8.82. The van der Waals surface area contributed by atoms with Crippen LogP contribution in [0.3, 0.4) is 0 Å². The molecule has 0 aliphatic carbocycles. The summed E-state index contributed by atoms with van der Waals surface area (Å²) in [6, 6.07) is 45.1. The fourth-order valence-corrected chi connectivity index (χ4v) is 5.30. The van der Waals surface area contributed by atoms with Crippen LogP contribution in [0.5, 0.6) is 0 Å². The molecule has 2 heteroatoms. The van der Waals surface area contributed by atoms with E-state index >= 15 is 0 Å². The molecule has 0 aliphatic rings. The highest BCUT2D eigenvalue weighted by Gasteiger charge is 2.21. The van der Waals surface area contributed by atoms with Crippen LogP contribution in [-0.2, 0) is 0 Å². The minimum absolute atomic E-state index is 0.975. The van der Waals surface area contributed by atoms with Crippen LogP contribution in [0.4, 0.5) is 0 Å². The summed E-state index contributed by atoms with van der Waals surface area (Å²) in [5.74, 6) is 0. The number of nitrogens with zero attached hydrogens (tertiary/aromatic N) is 2. The molecule has 0 bridgehead atoms. The lowest BCUT2D eigenvalue weighted by Crippen LogP contribution is -2.02. The molecule has 35 heavy (non-hydrogen) atoms. The average molecular weight is 447 g/mol. The Bertz CT molecular complexity index is 1770. The van der Waals surface area contributed by atoms with Crippen molar-refractivity contribution in [3.05, 3.63) is 134 Å². The third kappa shape index (κ3) is 3.08. The van der Waals surface area contributed by atoms with Gasteiger partial charge in [0.15, 0.2) is 0 Å². The fourth-order valence-electron chi connectivity index (χ4n) is 5.30. The molecule has 7 rings (SSSR count). The van der Waals surface area contributed by atoms with Crippen molar-refractivity contribution in [2.75, 3.05) is 0 Å². The van der Waals surface area contributed by atoms with E-state index in [4.69, 9.17) is 4.98 Å². The molecule has 0 amide bonds. The summed E-state index contributed by atoms with van der Waals surface area (Å²) in [6.07, 6.45) is 1.93. The quantitative estimate of drug-likeness (QED) is 0.265. The Hall–Kier alpha value is -4.69. The van der Waals surface area contributed by atoms with Crippen LogP contribution in [0.1, 0.15) is 0 Å². The molecule has 0 spiro atoms. The van der Waals surface area contributed by atoms with Crippen LogP contribution in [0.2, 0.25) is 0 Å². The zero-order chi connectivity index (χ0) is 23.2. The van der Waals surface area contributed by atoms with Crippen LogP contribution in [0.15, 0.2) is 134 Å². The predicted molar refractivity (Wildman–Crippen MR) is 147 cm³/mol. The van der Waals surface area contributed by atoms with E-state index < -0.39 is 0 Å². The number of rotatable bonds is 3. The van der Waals surface area contributed by atoms with Gasteiger partial charge >= 0.3 is 0 Å². The molecule has 2 heterocycles. The van der Waals surface area contributed by atoms with Gasteiger partial charge < -0.3 is 4.57 Å². The highest BCUT2D eigenvalue weighted by atomic mass is 15.0. The molecule has 5 aromatic carbocycles. The van der Waals surface area contributed by atoms with Gasteiger partial charge in [0.1, 0.15) is 0 Å². The first-order valence-corrected chi connectivity index (χ1v) is 11.9. The fraction of sp³-hybridized carbons (Fsp3) is 0. The van der Waals surface area contributed by atoms with Gasteiger partial charge in [-0.05, 0) is 23.1 Å². The van der Waals surface area contributed by atoms with Crippen molar-refractivity contribution in [3.63, 3.8) is 0 Å². The number of para-hydroxylation sites is 1. The number of aromatic nitrogens is 2. The molecular weight excluding hydrogens is 424 g/mol. The van der Waals surface area contributed by atoms with E-state index in [1.807, 2.05) is 6.20 Å². The SMILES string of the molecule is c1ccc(-c2ccnc(-c3ccccc3)c2-n2c3ccccc3c3ccc4ccccc4c32)cc1. The number of hydrogen-bond acceptors (Lipinski definition) is 1. The number of benzene rings is 5. The first kappa shape index (κ1) is 19.7. The van der Waals surface area contributed by atoms with Crippen molar-refractivity contribution < 1.29 is 0 Å².